The van der Waals surface area contributed by atoms with E-state index in [9.17, 15) is 9.90 Å². The average Bonchev–Trinajstić information content (AvgIpc) is 2.83. The Hall–Kier alpha value is -2.60. The second-order valence-electron chi connectivity index (χ2n) is 12.6. The molecular weight excluding hydrogens is 462 g/mol. The zero-order valence-electron chi connectivity index (χ0n) is 23.9. The first-order chi connectivity index (χ1) is 17.4. The maximum atomic E-state index is 12.6. The number of aliphatic carboxylic acids is 1. The predicted molar refractivity (Wildman–Crippen MR) is 152 cm³/mol. The zero-order valence-corrected chi connectivity index (χ0v) is 23.9. The summed E-state index contributed by atoms with van der Waals surface area (Å²) in [4.78, 5) is 22.4. The van der Waals surface area contributed by atoms with Crippen molar-refractivity contribution in [1.29, 1.82) is 0 Å². The molecular formula is C31H45N3O3. The van der Waals surface area contributed by atoms with E-state index in [1.807, 2.05) is 34.6 Å². The maximum Gasteiger partial charge on any atom is 0.337 e. The van der Waals surface area contributed by atoms with E-state index in [4.69, 9.17) is 9.72 Å². The zero-order chi connectivity index (χ0) is 27.0. The van der Waals surface area contributed by atoms with Crippen LogP contribution in [0.1, 0.15) is 89.8 Å². The molecule has 0 bridgehead atoms. The lowest BCUT2D eigenvalue weighted by molar-refractivity contribution is -0.160. The Morgan fingerprint density at radius 2 is 1.54 bits per heavy atom. The second-order valence-corrected chi connectivity index (χ2v) is 12.6. The number of carboxylic acids is 1. The molecule has 0 aliphatic carbocycles. The summed E-state index contributed by atoms with van der Waals surface area (Å²) in [5.74, 6) is -0.978. The van der Waals surface area contributed by atoms with Gasteiger partial charge in [0.25, 0.3) is 0 Å². The van der Waals surface area contributed by atoms with E-state index < -0.39 is 17.7 Å². The molecule has 2 aliphatic rings. The Kier molecular flexibility index (Phi) is 7.89. The van der Waals surface area contributed by atoms with Crippen LogP contribution in [-0.4, -0.2) is 47.8 Å². The number of pyridine rings is 1. The highest BCUT2D eigenvalue weighted by Crippen LogP contribution is 2.45. The van der Waals surface area contributed by atoms with Gasteiger partial charge in [-0.2, -0.15) is 0 Å². The Morgan fingerprint density at radius 3 is 2.08 bits per heavy atom. The highest BCUT2D eigenvalue weighted by atomic mass is 16.5. The van der Waals surface area contributed by atoms with Gasteiger partial charge in [-0.1, -0.05) is 26.0 Å². The molecule has 2 aromatic rings. The smallest absolute Gasteiger partial charge is 0.337 e. The number of benzene rings is 1. The lowest BCUT2D eigenvalue weighted by Gasteiger charge is -2.41. The molecule has 0 unspecified atom stereocenters. The number of piperidine rings is 2. The van der Waals surface area contributed by atoms with Gasteiger partial charge in [0.05, 0.1) is 11.3 Å². The van der Waals surface area contributed by atoms with E-state index in [2.05, 4.69) is 47.9 Å². The first-order valence-corrected chi connectivity index (χ1v) is 13.9. The van der Waals surface area contributed by atoms with Crippen molar-refractivity contribution in [3.63, 3.8) is 0 Å². The number of carboxylic acid groups (broad SMARTS) is 1. The van der Waals surface area contributed by atoms with Gasteiger partial charge in [-0.25, -0.2) is 4.79 Å². The average molecular weight is 508 g/mol. The molecule has 0 saturated carbocycles. The summed E-state index contributed by atoms with van der Waals surface area (Å²) in [6, 6.07) is 8.79. The normalized spacial score (nSPS) is 19.1. The third kappa shape index (κ3) is 6.28. The molecule has 37 heavy (non-hydrogen) atoms. The molecule has 1 N–H and O–H groups in total. The number of aromatic nitrogens is 1. The van der Waals surface area contributed by atoms with Gasteiger partial charge in [-0.15, -0.1) is 0 Å². The number of carbonyl (C=O) groups is 1. The SMILES string of the molecule is Cc1nc(C)c([C@H](OC(C)(C)C)C(=O)O)c(N2CCC(C)(C)CC2)c1-c1ccc(N2CCCCC2)cc1. The molecule has 2 aliphatic heterocycles. The highest BCUT2D eigenvalue weighted by molar-refractivity contribution is 5.88. The minimum absolute atomic E-state index is 0.276. The van der Waals surface area contributed by atoms with Crippen LogP contribution in [0, 0.1) is 19.3 Å². The third-order valence-corrected chi connectivity index (χ3v) is 7.85. The van der Waals surface area contributed by atoms with E-state index in [1.54, 1.807) is 0 Å². The first-order valence-electron chi connectivity index (χ1n) is 13.9. The van der Waals surface area contributed by atoms with Crippen LogP contribution in [0.2, 0.25) is 0 Å². The number of nitrogens with zero attached hydrogens (tertiary/aromatic N) is 3. The fourth-order valence-corrected chi connectivity index (χ4v) is 5.75. The number of hydrogen-bond donors (Lipinski definition) is 1. The molecule has 2 fully saturated rings. The van der Waals surface area contributed by atoms with Gasteiger partial charge < -0.3 is 19.6 Å². The van der Waals surface area contributed by atoms with Crippen LogP contribution in [0.4, 0.5) is 11.4 Å². The summed E-state index contributed by atoms with van der Waals surface area (Å²) in [5, 5.41) is 10.4. The molecule has 4 rings (SSSR count). The van der Waals surface area contributed by atoms with Gasteiger partial charge in [0.1, 0.15) is 0 Å². The summed E-state index contributed by atoms with van der Waals surface area (Å²) in [6.45, 7) is 18.3. The molecule has 1 aromatic heterocycles. The van der Waals surface area contributed by atoms with Crippen molar-refractivity contribution in [3.8, 4) is 11.1 Å². The summed E-state index contributed by atoms with van der Waals surface area (Å²) in [7, 11) is 0. The summed E-state index contributed by atoms with van der Waals surface area (Å²) in [5.41, 5.74) is 6.32. The van der Waals surface area contributed by atoms with E-state index >= 15 is 0 Å². The maximum absolute atomic E-state index is 12.6. The van der Waals surface area contributed by atoms with Gasteiger partial charge in [-0.3, -0.25) is 4.98 Å². The lowest BCUT2D eigenvalue weighted by Crippen LogP contribution is -2.39. The van der Waals surface area contributed by atoms with Crippen molar-refractivity contribution >= 4 is 17.3 Å². The first kappa shape index (κ1) is 27.4. The molecule has 202 valence electrons. The number of ether oxygens (including phenoxy) is 1. The van der Waals surface area contributed by atoms with Gasteiger partial charge in [0.2, 0.25) is 0 Å². The standard InChI is InChI=1S/C31H45N3O3/c1-21-25(23-11-13-24(14-12-23)33-17-9-8-10-18-33)27(34-19-15-31(6,7)16-20-34)26(22(2)32-21)28(29(35)36)37-30(3,4)5/h11-14,28H,8-10,15-20H2,1-7H3,(H,35,36)/t28-/m0/s1. The molecule has 3 heterocycles. The number of aryl methyl sites for hydroxylation is 2. The Bertz CT molecular complexity index is 1100. The molecule has 1 aromatic carbocycles. The van der Waals surface area contributed by atoms with Crippen molar-refractivity contribution in [2.24, 2.45) is 5.41 Å². The van der Waals surface area contributed by atoms with Crippen molar-refractivity contribution in [2.75, 3.05) is 36.0 Å². The Labute approximate surface area is 223 Å². The van der Waals surface area contributed by atoms with Crippen LogP contribution in [0.25, 0.3) is 11.1 Å². The highest BCUT2D eigenvalue weighted by Gasteiger charge is 2.36. The fourth-order valence-electron chi connectivity index (χ4n) is 5.75. The van der Waals surface area contributed by atoms with Crippen LogP contribution in [0.15, 0.2) is 24.3 Å². The van der Waals surface area contributed by atoms with E-state index in [-0.39, 0.29) is 5.41 Å². The van der Waals surface area contributed by atoms with Gasteiger partial charge in [0, 0.05) is 54.4 Å². The predicted octanol–water partition coefficient (Wildman–Crippen LogP) is 6.92. The van der Waals surface area contributed by atoms with Gasteiger partial charge in [0.15, 0.2) is 6.10 Å². The second kappa shape index (κ2) is 10.6. The summed E-state index contributed by atoms with van der Waals surface area (Å²) in [6.07, 6.45) is 4.81. The Balaban J connectivity index is 1.86. The monoisotopic (exact) mass is 507 g/mol. The third-order valence-electron chi connectivity index (χ3n) is 7.85. The van der Waals surface area contributed by atoms with Crippen molar-refractivity contribution in [2.45, 2.75) is 92.3 Å². The van der Waals surface area contributed by atoms with E-state index in [1.165, 1.54) is 24.9 Å². The molecule has 0 radical (unpaired) electrons. The lowest BCUT2D eigenvalue weighted by atomic mass is 9.81. The minimum atomic E-state index is -1.09. The Morgan fingerprint density at radius 1 is 0.946 bits per heavy atom. The van der Waals surface area contributed by atoms with Crippen molar-refractivity contribution < 1.29 is 14.6 Å². The summed E-state index contributed by atoms with van der Waals surface area (Å²) >= 11 is 0. The van der Waals surface area contributed by atoms with Gasteiger partial charge in [-0.05, 0) is 89.8 Å². The van der Waals surface area contributed by atoms with Crippen LogP contribution in [0.3, 0.4) is 0 Å². The molecule has 6 heteroatoms. The fraction of sp³-hybridized carbons (Fsp3) is 0.613. The molecule has 1 atom stereocenters. The molecule has 0 spiro atoms. The number of hydrogen-bond acceptors (Lipinski definition) is 5. The van der Waals surface area contributed by atoms with Crippen molar-refractivity contribution in [3.05, 3.63) is 41.2 Å². The quantitative estimate of drug-likeness (QED) is 0.458. The number of rotatable bonds is 6. The van der Waals surface area contributed by atoms with E-state index in [0.717, 1.165) is 67.2 Å². The number of anilines is 2. The van der Waals surface area contributed by atoms with Crippen LogP contribution < -0.4 is 9.80 Å². The van der Waals surface area contributed by atoms with Crippen molar-refractivity contribution in [1.82, 2.24) is 4.98 Å². The van der Waals surface area contributed by atoms with Gasteiger partial charge >= 0.3 is 5.97 Å². The summed E-state index contributed by atoms with van der Waals surface area (Å²) < 4.78 is 6.19. The largest absolute Gasteiger partial charge is 0.479 e. The molecule has 6 nitrogen and oxygen atoms in total. The van der Waals surface area contributed by atoms with Crippen LogP contribution in [-0.2, 0) is 9.53 Å². The van der Waals surface area contributed by atoms with Crippen LogP contribution in [0.5, 0.6) is 0 Å². The van der Waals surface area contributed by atoms with Crippen LogP contribution >= 0.6 is 0 Å². The van der Waals surface area contributed by atoms with E-state index in [0.29, 0.717) is 5.56 Å². The minimum Gasteiger partial charge on any atom is -0.479 e. The topological polar surface area (TPSA) is 65.9 Å². The molecule has 0 amide bonds. The molecule has 2 saturated heterocycles.